The van der Waals surface area contributed by atoms with Crippen molar-refractivity contribution in [1.29, 1.82) is 0 Å². The molecule has 0 radical (unpaired) electrons. The number of rotatable bonds is 4. The lowest BCUT2D eigenvalue weighted by atomic mass is 9.94. The third-order valence-corrected chi connectivity index (χ3v) is 5.10. The van der Waals surface area contributed by atoms with Crippen molar-refractivity contribution in [2.75, 3.05) is 7.11 Å². The molecule has 0 aliphatic heterocycles. The molecule has 0 aromatic carbocycles. The lowest BCUT2D eigenvalue weighted by Gasteiger charge is -2.20. The van der Waals surface area contributed by atoms with E-state index >= 15 is 0 Å². The number of aryl methyl sites for hydroxylation is 1. The third-order valence-electron chi connectivity index (χ3n) is 3.81. The van der Waals surface area contributed by atoms with Crippen LogP contribution in [0.3, 0.4) is 0 Å². The van der Waals surface area contributed by atoms with E-state index in [0.717, 1.165) is 18.7 Å². The highest BCUT2D eigenvalue weighted by Gasteiger charge is 2.36. The number of hydrogen-bond acceptors (Lipinski definition) is 2. The Balaban J connectivity index is 2.32. The molecule has 1 aliphatic carbocycles. The molecule has 1 aromatic rings. The quantitative estimate of drug-likeness (QED) is 0.795. The second-order valence-electron chi connectivity index (χ2n) is 4.88. The molecular formula is C13H21BrN2O. The van der Waals surface area contributed by atoms with Crippen LogP contribution >= 0.6 is 15.9 Å². The molecule has 0 bridgehead atoms. The van der Waals surface area contributed by atoms with Gasteiger partial charge in [0.15, 0.2) is 5.75 Å². The zero-order valence-electron chi connectivity index (χ0n) is 10.8. The van der Waals surface area contributed by atoms with E-state index in [9.17, 15) is 0 Å². The SMILES string of the molecule is CCCn1ncc(OC)c1C1CCC(Br)C1C. The van der Waals surface area contributed by atoms with Gasteiger partial charge in [-0.05, 0) is 25.2 Å². The maximum absolute atomic E-state index is 5.47. The largest absolute Gasteiger partial charge is 0.493 e. The highest BCUT2D eigenvalue weighted by Crippen LogP contribution is 2.45. The Hall–Kier alpha value is -0.510. The summed E-state index contributed by atoms with van der Waals surface area (Å²) in [6.45, 7) is 5.48. The Morgan fingerprint density at radius 2 is 2.29 bits per heavy atom. The molecule has 0 amide bonds. The van der Waals surface area contributed by atoms with Crippen LogP contribution < -0.4 is 4.74 Å². The number of hydrogen-bond donors (Lipinski definition) is 0. The normalized spacial score (nSPS) is 28.6. The smallest absolute Gasteiger partial charge is 0.160 e. The summed E-state index contributed by atoms with van der Waals surface area (Å²) in [7, 11) is 1.74. The Bertz CT molecular complexity index is 377. The van der Waals surface area contributed by atoms with Gasteiger partial charge in [0, 0.05) is 17.3 Å². The number of aromatic nitrogens is 2. The molecule has 1 fully saturated rings. The Labute approximate surface area is 112 Å². The third kappa shape index (κ3) is 2.37. The molecule has 0 N–H and O–H groups in total. The van der Waals surface area contributed by atoms with E-state index in [1.54, 1.807) is 7.11 Å². The first-order valence-electron chi connectivity index (χ1n) is 6.42. The summed E-state index contributed by atoms with van der Waals surface area (Å²) in [6, 6.07) is 0. The van der Waals surface area contributed by atoms with Gasteiger partial charge in [-0.15, -0.1) is 0 Å². The highest BCUT2D eigenvalue weighted by molar-refractivity contribution is 9.09. The number of ether oxygens (including phenoxy) is 1. The molecule has 1 heterocycles. The van der Waals surface area contributed by atoms with E-state index in [-0.39, 0.29) is 0 Å². The van der Waals surface area contributed by atoms with Crippen LogP contribution in [0.25, 0.3) is 0 Å². The minimum atomic E-state index is 0.573. The van der Waals surface area contributed by atoms with Gasteiger partial charge in [0.05, 0.1) is 19.0 Å². The number of alkyl halides is 1. The average molecular weight is 301 g/mol. The van der Waals surface area contributed by atoms with Crippen LogP contribution in [0.2, 0.25) is 0 Å². The van der Waals surface area contributed by atoms with Crippen LogP contribution in [-0.2, 0) is 6.54 Å². The van der Waals surface area contributed by atoms with Gasteiger partial charge in [0.2, 0.25) is 0 Å². The summed E-state index contributed by atoms with van der Waals surface area (Å²) in [4.78, 5) is 0.627. The van der Waals surface area contributed by atoms with Crippen molar-refractivity contribution in [1.82, 2.24) is 9.78 Å². The molecule has 3 nitrogen and oxygen atoms in total. The molecule has 1 saturated carbocycles. The van der Waals surface area contributed by atoms with Crippen LogP contribution in [0.4, 0.5) is 0 Å². The summed E-state index contributed by atoms with van der Waals surface area (Å²) in [6.07, 6.45) is 5.44. The minimum absolute atomic E-state index is 0.573. The van der Waals surface area contributed by atoms with Gasteiger partial charge in [-0.3, -0.25) is 4.68 Å². The van der Waals surface area contributed by atoms with Gasteiger partial charge in [-0.2, -0.15) is 5.10 Å². The highest BCUT2D eigenvalue weighted by atomic mass is 79.9. The van der Waals surface area contributed by atoms with Gasteiger partial charge >= 0.3 is 0 Å². The van der Waals surface area contributed by atoms with Crippen molar-refractivity contribution >= 4 is 15.9 Å². The zero-order chi connectivity index (χ0) is 12.4. The molecule has 1 aliphatic rings. The van der Waals surface area contributed by atoms with Crippen LogP contribution in [0.5, 0.6) is 5.75 Å². The molecule has 96 valence electrons. The summed E-state index contributed by atoms with van der Waals surface area (Å²) in [5, 5.41) is 4.46. The van der Waals surface area contributed by atoms with E-state index in [4.69, 9.17) is 4.74 Å². The van der Waals surface area contributed by atoms with Crippen molar-refractivity contribution in [3.05, 3.63) is 11.9 Å². The molecule has 3 atom stereocenters. The van der Waals surface area contributed by atoms with Crippen LogP contribution in [-0.4, -0.2) is 21.7 Å². The van der Waals surface area contributed by atoms with E-state index in [2.05, 4.69) is 39.6 Å². The molecular weight excluding hydrogens is 280 g/mol. The summed E-state index contributed by atoms with van der Waals surface area (Å²) >= 11 is 3.77. The molecule has 2 rings (SSSR count). The molecule has 0 saturated heterocycles. The molecule has 4 heteroatoms. The zero-order valence-corrected chi connectivity index (χ0v) is 12.4. The maximum Gasteiger partial charge on any atom is 0.160 e. The lowest BCUT2D eigenvalue weighted by molar-refractivity contribution is 0.390. The van der Waals surface area contributed by atoms with Crippen molar-refractivity contribution in [2.24, 2.45) is 5.92 Å². The van der Waals surface area contributed by atoms with Gasteiger partial charge in [-0.1, -0.05) is 29.8 Å². The maximum atomic E-state index is 5.47. The van der Waals surface area contributed by atoms with E-state index < -0.39 is 0 Å². The second kappa shape index (κ2) is 5.42. The van der Waals surface area contributed by atoms with Crippen molar-refractivity contribution in [3.8, 4) is 5.75 Å². The molecule has 1 aromatic heterocycles. The number of methoxy groups -OCH3 is 1. The fourth-order valence-electron chi connectivity index (χ4n) is 2.80. The number of nitrogens with zero attached hydrogens (tertiary/aromatic N) is 2. The first-order valence-corrected chi connectivity index (χ1v) is 7.34. The topological polar surface area (TPSA) is 27.1 Å². The van der Waals surface area contributed by atoms with E-state index in [1.165, 1.54) is 18.5 Å². The first-order chi connectivity index (χ1) is 8.19. The van der Waals surface area contributed by atoms with Crippen molar-refractivity contribution in [2.45, 2.75) is 50.4 Å². The van der Waals surface area contributed by atoms with E-state index in [1.807, 2.05) is 6.20 Å². The summed E-state index contributed by atoms with van der Waals surface area (Å²) < 4.78 is 7.60. The predicted octanol–water partition coefficient (Wildman–Crippen LogP) is 3.58. The Morgan fingerprint density at radius 1 is 1.53 bits per heavy atom. The minimum Gasteiger partial charge on any atom is -0.493 e. The Kier molecular flexibility index (Phi) is 4.13. The second-order valence-corrected chi connectivity index (χ2v) is 6.06. The first kappa shape index (κ1) is 12.9. The predicted molar refractivity (Wildman–Crippen MR) is 72.9 cm³/mol. The monoisotopic (exact) mass is 300 g/mol. The molecule has 17 heavy (non-hydrogen) atoms. The number of halogens is 1. The van der Waals surface area contributed by atoms with E-state index in [0.29, 0.717) is 16.7 Å². The Morgan fingerprint density at radius 3 is 2.82 bits per heavy atom. The van der Waals surface area contributed by atoms with Crippen molar-refractivity contribution in [3.63, 3.8) is 0 Å². The molecule has 0 spiro atoms. The van der Waals surface area contributed by atoms with Crippen LogP contribution in [0.1, 0.15) is 44.7 Å². The van der Waals surface area contributed by atoms with Gasteiger partial charge in [0.1, 0.15) is 0 Å². The van der Waals surface area contributed by atoms with Gasteiger partial charge < -0.3 is 4.74 Å². The van der Waals surface area contributed by atoms with Gasteiger partial charge in [-0.25, -0.2) is 0 Å². The average Bonchev–Trinajstić information content (AvgIpc) is 2.85. The summed E-state index contributed by atoms with van der Waals surface area (Å²) in [5.41, 5.74) is 1.30. The van der Waals surface area contributed by atoms with Crippen molar-refractivity contribution < 1.29 is 4.74 Å². The fraction of sp³-hybridized carbons (Fsp3) is 0.769. The standard InChI is InChI=1S/C13H21BrN2O/c1-4-7-16-13(12(17-3)8-15-16)10-5-6-11(14)9(10)2/h8-11H,4-7H2,1-3H3. The lowest BCUT2D eigenvalue weighted by Crippen LogP contribution is -2.15. The van der Waals surface area contributed by atoms with Crippen LogP contribution in [0.15, 0.2) is 6.20 Å². The van der Waals surface area contributed by atoms with Gasteiger partial charge in [0.25, 0.3) is 0 Å². The molecule has 3 unspecified atom stereocenters. The summed E-state index contributed by atoms with van der Waals surface area (Å²) in [5.74, 6) is 2.18. The van der Waals surface area contributed by atoms with Crippen LogP contribution in [0, 0.1) is 5.92 Å². The fourth-order valence-corrected chi connectivity index (χ4v) is 3.43.